The number of phenols is 1. The van der Waals surface area contributed by atoms with Crippen molar-refractivity contribution in [3.8, 4) is 5.75 Å². The summed E-state index contributed by atoms with van der Waals surface area (Å²) in [6.07, 6.45) is 2.16. The predicted molar refractivity (Wildman–Crippen MR) is 59.0 cm³/mol. The van der Waals surface area contributed by atoms with E-state index in [9.17, 15) is 5.11 Å². The van der Waals surface area contributed by atoms with Crippen molar-refractivity contribution in [1.29, 1.82) is 0 Å². The highest BCUT2D eigenvalue weighted by Gasteiger charge is 2.21. The van der Waals surface area contributed by atoms with Crippen LogP contribution in [0.3, 0.4) is 0 Å². The van der Waals surface area contributed by atoms with Gasteiger partial charge in [-0.1, -0.05) is 6.07 Å². The monoisotopic (exact) mass is 207 g/mol. The number of nitrogens with one attached hydrogen (secondary N) is 1. The van der Waals surface area contributed by atoms with Gasteiger partial charge in [-0.2, -0.15) is 0 Å². The summed E-state index contributed by atoms with van der Waals surface area (Å²) in [5, 5.41) is 12.8. The average molecular weight is 207 g/mol. The number of phenolic OH excluding ortho intramolecular Hbond substituents is 1. The van der Waals surface area contributed by atoms with Gasteiger partial charge in [-0.3, -0.25) is 0 Å². The largest absolute Gasteiger partial charge is 0.508 e. The molecule has 2 rings (SSSR count). The molecule has 1 aromatic rings. The Kier molecular flexibility index (Phi) is 3.23. The zero-order chi connectivity index (χ0) is 10.7. The third-order valence-corrected chi connectivity index (χ3v) is 2.90. The van der Waals surface area contributed by atoms with Gasteiger partial charge in [0.2, 0.25) is 0 Å². The minimum Gasteiger partial charge on any atom is -0.508 e. The number of fused-ring (bicyclic) bond motifs is 1. The average Bonchev–Trinajstić information content (AvgIpc) is 2.61. The van der Waals surface area contributed by atoms with Crippen molar-refractivity contribution in [2.75, 3.05) is 20.3 Å². The molecule has 1 atom stereocenters. The van der Waals surface area contributed by atoms with Crippen LogP contribution in [-0.4, -0.2) is 25.4 Å². The molecule has 2 N–H and O–H groups in total. The Morgan fingerprint density at radius 3 is 3.20 bits per heavy atom. The maximum absolute atomic E-state index is 9.36. The van der Waals surface area contributed by atoms with Crippen molar-refractivity contribution in [2.45, 2.75) is 18.9 Å². The van der Waals surface area contributed by atoms with Crippen molar-refractivity contribution in [3.05, 3.63) is 29.3 Å². The van der Waals surface area contributed by atoms with E-state index in [0.29, 0.717) is 11.8 Å². The summed E-state index contributed by atoms with van der Waals surface area (Å²) in [6, 6.07) is 6.07. The molecule has 3 nitrogen and oxygen atoms in total. The van der Waals surface area contributed by atoms with Crippen LogP contribution in [-0.2, 0) is 11.2 Å². The van der Waals surface area contributed by atoms with Crippen LogP contribution in [0.1, 0.15) is 23.6 Å². The molecule has 0 saturated heterocycles. The van der Waals surface area contributed by atoms with Gasteiger partial charge in [-0.25, -0.2) is 0 Å². The molecule has 0 aromatic heterocycles. The molecule has 1 unspecified atom stereocenters. The molecule has 1 aliphatic rings. The Labute approximate surface area is 90.1 Å². The van der Waals surface area contributed by atoms with Crippen LogP contribution < -0.4 is 5.32 Å². The number of hydrogen-bond donors (Lipinski definition) is 2. The van der Waals surface area contributed by atoms with Crippen molar-refractivity contribution in [3.63, 3.8) is 0 Å². The number of hydrogen-bond acceptors (Lipinski definition) is 3. The van der Waals surface area contributed by atoms with Gasteiger partial charge in [0.05, 0.1) is 6.61 Å². The van der Waals surface area contributed by atoms with Crippen molar-refractivity contribution >= 4 is 0 Å². The van der Waals surface area contributed by atoms with E-state index in [0.717, 1.165) is 26.0 Å². The quantitative estimate of drug-likeness (QED) is 0.737. The smallest absolute Gasteiger partial charge is 0.115 e. The summed E-state index contributed by atoms with van der Waals surface area (Å²) < 4.78 is 5.01. The maximum atomic E-state index is 9.36. The first kappa shape index (κ1) is 10.5. The second-order valence-electron chi connectivity index (χ2n) is 3.92. The molecule has 1 aromatic carbocycles. The van der Waals surface area contributed by atoms with Crippen molar-refractivity contribution < 1.29 is 9.84 Å². The van der Waals surface area contributed by atoms with E-state index in [-0.39, 0.29) is 0 Å². The number of benzene rings is 1. The lowest BCUT2D eigenvalue weighted by Gasteiger charge is -2.13. The van der Waals surface area contributed by atoms with E-state index in [4.69, 9.17) is 4.74 Å². The molecular formula is C12H17NO2. The Balaban J connectivity index is 2.02. The second-order valence-corrected chi connectivity index (χ2v) is 3.92. The van der Waals surface area contributed by atoms with Crippen LogP contribution >= 0.6 is 0 Å². The second kappa shape index (κ2) is 4.64. The third kappa shape index (κ3) is 2.30. The number of ether oxygens (including phenoxy) is 1. The van der Waals surface area contributed by atoms with Gasteiger partial charge in [0.1, 0.15) is 5.75 Å². The third-order valence-electron chi connectivity index (χ3n) is 2.90. The van der Waals surface area contributed by atoms with E-state index in [2.05, 4.69) is 5.32 Å². The molecule has 1 aliphatic carbocycles. The highest BCUT2D eigenvalue weighted by molar-refractivity contribution is 5.39. The molecule has 0 bridgehead atoms. The summed E-state index contributed by atoms with van der Waals surface area (Å²) in [4.78, 5) is 0. The fraction of sp³-hybridized carbons (Fsp3) is 0.500. The van der Waals surface area contributed by atoms with Gasteiger partial charge in [0, 0.05) is 19.7 Å². The molecule has 82 valence electrons. The van der Waals surface area contributed by atoms with E-state index in [1.54, 1.807) is 13.2 Å². The van der Waals surface area contributed by atoms with Gasteiger partial charge in [-0.15, -0.1) is 0 Å². The van der Waals surface area contributed by atoms with Gasteiger partial charge in [0.15, 0.2) is 0 Å². The van der Waals surface area contributed by atoms with Crippen LogP contribution in [0.4, 0.5) is 0 Å². The Morgan fingerprint density at radius 1 is 1.53 bits per heavy atom. The fourth-order valence-corrected chi connectivity index (χ4v) is 2.15. The minimum atomic E-state index is 0.367. The van der Waals surface area contributed by atoms with Gasteiger partial charge < -0.3 is 15.2 Å². The van der Waals surface area contributed by atoms with Crippen LogP contribution in [0.25, 0.3) is 0 Å². The molecule has 15 heavy (non-hydrogen) atoms. The normalized spacial score (nSPS) is 19.1. The Hall–Kier alpha value is -1.06. The highest BCUT2D eigenvalue weighted by atomic mass is 16.5. The summed E-state index contributed by atoms with van der Waals surface area (Å²) in [6.45, 7) is 1.62. The maximum Gasteiger partial charge on any atom is 0.115 e. The molecule has 0 aliphatic heterocycles. The standard InChI is InChI=1S/C12H17NO2/c1-15-7-6-13-12-5-2-9-8-10(14)3-4-11(9)12/h3-4,8,12-14H,2,5-7H2,1H3. The molecule has 0 fully saturated rings. The SMILES string of the molecule is COCCNC1CCc2cc(O)ccc21. The zero-order valence-electron chi connectivity index (χ0n) is 8.99. The summed E-state index contributed by atoms with van der Waals surface area (Å²) in [5.41, 5.74) is 2.59. The van der Waals surface area contributed by atoms with Crippen molar-refractivity contribution in [2.24, 2.45) is 0 Å². The molecule has 0 heterocycles. The number of rotatable bonds is 4. The topological polar surface area (TPSA) is 41.5 Å². The molecule has 0 amide bonds. The number of methoxy groups -OCH3 is 1. The molecule has 0 radical (unpaired) electrons. The molecule has 3 heteroatoms. The number of aromatic hydroxyl groups is 1. The lowest BCUT2D eigenvalue weighted by Crippen LogP contribution is -2.23. The van der Waals surface area contributed by atoms with Crippen molar-refractivity contribution in [1.82, 2.24) is 5.32 Å². The first-order valence-electron chi connectivity index (χ1n) is 5.35. The van der Waals surface area contributed by atoms with Crippen LogP contribution in [0.5, 0.6) is 5.75 Å². The molecule has 0 saturated carbocycles. The summed E-state index contributed by atoms with van der Waals surface area (Å²) in [7, 11) is 1.71. The zero-order valence-corrected chi connectivity index (χ0v) is 8.99. The Morgan fingerprint density at radius 2 is 2.40 bits per heavy atom. The van der Waals surface area contributed by atoms with Crippen LogP contribution in [0.15, 0.2) is 18.2 Å². The predicted octanol–water partition coefficient (Wildman–Crippen LogP) is 1.62. The highest BCUT2D eigenvalue weighted by Crippen LogP contribution is 2.32. The van der Waals surface area contributed by atoms with Gasteiger partial charge >= 0.3 is 0 Å². The van der Waals surface area contributed by atoms with Crippen LogP contribution in [0.2, 0.25) is 0 Å². The van der Waals surface area contributed by atoms with Crippen LogP contribution in [0, 0.1) is 0 Å². The van der Waals surface area contributed by atoms with Gasteiger partial charge in [0.25, 0.3) is 0 Å². The first-order chi connectivity index (χ1) is 7.31. The fourth-order valence-electron chi connectivity index (χ4n) is 2.15. The van der Waals surface area contributed by atoms with Gasteiger partial charge in [-0.05, 0) is 36.1 Å². The lowest BCUT2D eigenvalue weighted by molar-refractivity contribution is 0.195. The minimum absolute atomic E-state index is 0.367. The lowest BCUT2D eigenvalue weighted by atomic mass is 10.1. The van der Waals surface area contributed by atoms with E-state index < -0.39 is 0 Å². The Bertz CT molecular complexity index is 338. The van der Waals surface area contributed by atoms with E-state index in [1.807, 2.05) is 12.1 Å². The molecular weight excluding hydrogens is 190 g/mol. The first-order valence-corrected chi connectivity index (χ1v) is 5.35. The summed E-state index contributed by atoms with van der Waals surface area (Å²) in [5.74, 6) is 0.367. The van der Waals surface area contributed by atoms with E-state index >= 15 is 0 Å². The summed E-state index contributed by atoms with van der Waals surface area (Å²) >= 11 is 0. The van der Waals surface area contributed by atoms with E-state index in [1.165, 1.54) is 11.1 Å². The number of aryl methyl sites for hydroxylation is 1. The molecule has 0 spiro atoms.